The SMILES string of the molecule is CCNC(=NCc1ccc(OC)c(OCC)c1)NCC1(CCOC)CCC1. The molecule has 1 fully saturated rings. The third-order valence-electron chi connectivity index (χ3n) is 5.17. The summed E-state index contributed by atoms with van der Waals surface area (Å²) >= 11 is 0. The van der Waals surface area contributed by atoms with E-state index in [0.717, 1.165) is 49.1 Å². The second kappa shape index (κ2) is 11.0. The van der Waals surface area contributed by atoms with Gasteiger partial charge < -0.3 is 24.8 Å². The standard InChI is InChI=1S/C21H35N3O3/c1-5-22-20(24-16-21(10-7-11-21)12-13-25-3)23-15-17-8-9-18(26-4)19(14-17)27-6-2/h8-9,14H,5-7,10-13,15-16H2,1-4H3,(H2,22,23,24). The average Bonchev–Trinajstić information content (AvgIpc) is 2.65. The molecular weight excluding hydrogens is 342 g/mol. The Kier molecular flexibility index (Phi) is 8.72. The van der Waals surface area contributed by atoms with Gasteiger partial charge in [-0.2, -0.15) is 0 Å². The number of hydrogen-bond acceptors (Lipinski definition) is 4. The zero-order valence-corrected chi connectivity index (χ0v) is 17.3. The zero-order chi connectivity index (χ0) is 19.5. The van der Waals surface area contributed by atoms with E-state index in [1.165, 1.54) is 19.3 Å². The molecular formula is C21H35N3O3. The lowest BCUT2D eigenvalue weighted by Gasteiger charge is -2.42. The Hall–Kier alpha value is -1.95. The fourth-order valence-electron chi connectivity index (χ4n) is 3.38. The van der Waals surface area contributed by atoms with Gasteiger partial charge in [-0.25, -0.2) is 4.99 Å². The van der Waals surface area contributed by atoms with E-state index in [-0.39, 0.29) is 0 Å². The molecule has 1 aliphatic carbocycles. The molecule has 6 heteroatoms. The molecule has 0 spiro atoms. The molecule has 0 radical (unpaired) electrons. The molecule has 0 unspecified atom stereocenters. The Balaban J connectivity index is 1.99. The van der Waals surface area contributed by atoms with E-state index in [4.69, 9.17) is 19.2 Å². The molecule has 0 aromatic heterocycles. The fourth-order valence-corrected chi connectivity index (χ4v) is 3.38. The predicted octanol–water partition coefficient (Wildman–Crippen LogP) is 3.36. The highest BCUT2D eigenvalue weighted by molar-refractivity contribution is 5.79. The molecule has 27 heavy (non-hydrogen) atoms. The Morgan fingerprint density at radius 1 is 1.15 bits per heavy atom. The minimum absolute atomic E-state index is 0.356. The van der Waals surface area contributed by atoms with Gasteiger partial charge >= 0.3 is 0 Å². The monoisotopic (exact) mass is 377 g/mol. The Labute approximate surface area is 163 Å². The van der Waals surface area contributed by atoms with Crippen LogP contribution < -0.4 is 20.1 Å². The van der Waals surface area contributed by atoms with E-state index in [1.54, 1.807) is 14.2 Å². The highest BCUT2D eigenvalue weighted by Crippen LogP contribution is 2.43. The van der Waals surface area contributed by atoms with Crippen LogP contribution in [0.3, 0.4) is 0 Å². The van der Waals surface area contributed by atoms with Crippen LogP contribution in [-0.2, 0) is 11.3 Å². The van der Waals surface area contributed by atoms with Crippen molar-refractivity contribution in [3.05, 3.63) is 23.8 Å². The fraction of sp³-hybridized carbons (Fsp3) is 0.667. The summed E-state index contributed by atoms with van der Waals surface area (Å²) in [4.78, 5) is 4.75. The van der Waals surface area contributed by atoms with Crippen molar-refractivity contribution in [1.29, 1.82) is 0 Å². The van der Waals surface area contributed by atoms with Crippen LogP contribution in [0, 0.1) is 5.41 Å². The van der Waals surface area contributed by atoms with Crippen LogP contribution in [-0.4, -0.2) is 46.5 Å². The third kappa shape index (κ3) is 6.31. The van der Waals surface area contributed by atoms with Crippen molar-refractivity contribution in [3.63, 3.8) is 0 Å². The molecule has 1 aromatic rings. The van der Waals surface area contributed by atoms with E-state index in [2.05, 4.69) is 17.6 Å². The van der Waals surface area contributed by atoms with Crippen molar-refractivity contribution < 1.29 is 14.2 Å². The number of rotatable bonds is 11. The maximum absolute atomic E-state index is 5.66. The predicted molar refractivity (Wildman–Crippen MR) is 110 cm³/mol. The first kappa shape index (κ1) is 21.4. The summed E-state index contributed by atoms with van der Waals surface area (Å²) in [7, 11) is 3.43. The van der Waals surface area contributed by atoms with Crippen LogP contribution in [0.4, 0.5) is 0 Å². The van der Waals surface area contributed by atoms with E-state index < -0.39 is 0 Å². The first-order valence-corrected chi connectivity index (χ1v) is 9.97. The highest BCUT2D eigenvalue weighted by Gasteiger charge is 2.36. The molecule has 2 rings (SSSR count). The number of hydrogen-bond donors (Lipinski definition) is 2. The van der Waals surface area contributed by atoms with Gasteiger partial charge in [0.25, 0.3) is 0 Å². The smallest absolute Gasteiger partial charge is 0.191 e. The number of methoxy groups -OCH3 is 2. The quantitative estimate of drug-likeness (QED) is 0.457. The van der Waals surface area contributed by atoms with Crippen LogP contribution in [0.25, 0.3) is 0 Å². The van der Waals surface area contributed by atoms with Crippen LogP contribution >= 0.6 is 0 Å². The van der Waals surface area contributed by atoms with Gasteiger partial charge in [0.2, 0.25) is 0 Å². The summed E-state index contributed by atoms with van der Waals surface area (Å²) in [5, 5.41) is 6.88. The Bertz CT molecular complexity index is 600. The summed E-state index contributed by atoms with van der Waals surface area (Å²) in [5.74, 6) is 2.37. The average molecular weight is 378 g/mol. The van der Waals surface area contributed by atoms with Gasteiger partial charge in [-0.05, 0) is 56.2 Å². The van der Waals surface area contributed by atoms with Gasteiger partial charge in [0.15, 0.2) is 17.5 Å². The topological polar surface area (TPSA) is 64.1 Å². The summed E-state index contributed by atoms with van der Waals surface area (Å²) in [5.41, 5.74) is 1.45. The van der Waals surface area contributed by atoms with Gasteiger partial charge in [0.1, 0.15) is 0 Å². The number of ether oxygens (including phenoxy) is 3. The van der Waals surface area contributed by atoms with E-state index >= 15 is 0 Å². The lowest BCUT2D eigenvalue weighted by atomic mass is 9.67. The molecule has 0 atom stereocenters. The van der Waals surface area contributed by atoms with Crippen LogP contribution in [0.1, 0.15) is 45.1 Å². The number of benzene rings is 1. The lowest BCUT2D eigenvalue weighted by molar-refractivity contribution is 0.0732. The van der Waals surface area contributed by atoms with Gasteiger partial charge in [0.05, 0.1) is 20.3 Å². The van der Waals surface area contributed by atoms with Crippen molar-refractivity contribution in [2.24, 2.45) is 10.4 Å². The maximum Gasteiger partial charge on any atom is 0.191 e. The molecule has 0 amide bonds. The van der Waals surface area contributed by atoms with Gasteiger partial charge in [-0.3, -0.25) is 0 Å². The number of nitrogens with zero attached hydrogens (tertiary/aromatic N) is 1. The lowest BCUT2D eigenvalue weighted by Crippen LogP contribution is -2.46. The molecule has 0 bridgehead atoms. The Morgan fingerprint density at radius 2 is 1.96 bits per heavy atom. The first-order chi connectivity index (χ1) is 13.2. The van der Waals surface area contributed by atoms with Gasteiger partial charge in [-0.1, -0.05) is 12.5 Å². The van der Waals surface area contributed by atoms with Crippen molar-refractivity contribution in [2.75, 3.05) is 40.5 Å². The highest BCUT2D eigenvalue weighted by atomic mass is 16.5. The molecule has 1 aliphatic rings. The number of nitrogens with one attached hydrogen (secondary N) is 2. The van der Waals surface area contributed by atoms with Gasteiger partial charge in [-0.15, -0.1) is 0 Å². The van der Waals surface area contributed by atoms with E-state index in [9.17, 15) is 0 Å². The van der Waals surface area contributed by atoms with Crippen molar-refractivity contribution in [2.45, 2.75) is 46.1 Å². The van der Waals surface area contributed by atoms with Crippen molar-refractivity contribution in [1.82, 2.24) is 10.6 Å². The van der Waals surface area contributed by atoms with Crippen LogP contribution in [0.15, 0.2) is 23.2 Å². The molecule has 1 aromatic carbocycles. The molecule has 0 saturated heterocycles. The summed E-state index contributed by atoms with van der Waals surface area (Å²) in [6.07, 6.45) is 4.94. The molecule has 1 saturated carbocycles. The van der Waals surface area contributed by atoms with Crippen molar-refractivity contribution in [3.8, 4) is 11.5 Å². The molecule has 2 N–H and O–H groups in total. The van der Waals surface area contributed by atoms with Crippen molar-refractivity contribution >= 4 is 5.96 Å². The Morgan fingerprint density at radius 3 is 2.56 bits per heavy atom. The zero-order valence-electron chi connectivity index (χ0n) is 17.3. The summed E-state index contributed by atoms with van der Waals surface area (Å²) in [6.45, 7) is 7.85. The van der Waals surface area contributed by atoms with Crippen LogP contribution in [0.5, 0.6) is 11.5 Å². The second-order valence-electron chi connectivity index (χ2n) is 7.06. The minimum atomic E-state index is 0.356. The second-order valence-corrected chi connectivity index (χ2v) is 7.06. The molecule has 6 nitrogen and oxygen atoms in total. The minimum Gasteiger partial charge on any atom is -0.493 e. The van der Waals surface area contributed by atoms with Gasteiger partial charge in [0, 0.05) is 26.8 Å². The molecule has 0 aliphatic heterocycles. The number of aliphatic imine (C=N–C) groups is 1. The largest absolute Gasteiger partial charge is 0.493 e. The normalized spacial score (nSPS) is 15.8. The number of guanidine groups is 1. The van der Waals surface area contributed by atoms with E-state index in [0.29, 0.717) is 18.6 Å². The third-order valence-corrected chi connectivity index (χ3v) is 5.17. The molecule has 0 heterocycles. The first-order valence-electron chi connectivity index (χ1n) is 9.97. The molecule has 152 valence electrons. The maximum atomic E-state index is 5.66. The van der Waals surface area contributed by atoms with Crippen LogP contribution in [0.2, 0.25) is 0 Å². The van der Waals surface area contributed by atoms with E-state index in [1.807, 2.05) is 25.1 Å². The summed E-state index contributed by atoms with van der Waals surface area (Å²) in [6, 6.07) is 5.96. The summed E-state index contributed by atoms with van der Waals surface area (Å²) < 4.78 is 16.3.